The molecule has 0 N–H and O–H groups in total. The largest absolute Gasteiger partial charge is 0.496 e. The van der Waals surface area contributed by atoms with E-state index in [1.807, 2.05) is 53.4 Å². The van der Waals surface area contributed by atoms with Gasteiger partial charge in [0.25, 0.3) is 5.91 Å². The highest BCUT2D eigenvalue weighted by atomic mass is 79.9. The molecule has 0 aliphatic carbocycles. The van der Waals surface area contributed by atoms with Crippen molar-refractivity contribution in [2.45, 2.75) is 13.3 Å². The molecule has 1 amide bonds. The lowest BCUT2D eigenvalue weighted by atomic mass is 10.0. The average molecular weight is 372 g/mol. The third kappa shape index (κ3) is 2.91. The van der Waals surface area contributed by atoms with E-state index in [0.29, 0.717) is 0 Å². The molecule has 0 saturated carbocycles. The number of fused-ring (bicyclic) bond motifs is 1. The number of benzene rings is 2. The highest BCUT2D eigenvalue weighted by Crippen LogP contribution is 2.38. The quantitative estimate of drug-likeness (QED) is 0.725. The van der Waals surface area contributed by atoms with E-state index in [0.717, 1.165) is 45.6 Å². The van der Waals surface area contributed by atoms with E-state index in [4.69, 9.17) is 4.74 Å². The minimum absolute atomic E-state index is 0.0694. The van der Waals surface area contributed by atoms with Gasteiger partial charge in [-0.2, -0.15) is 0 Å². The Morgan fingerprint density at radius 2 is 2.00 bits per heavy atom. The number of halogens is 1. The molecule has 2 aromatic carbocycles. The number of hydrogen-bond acceptors (Lipinski definition) is 2. The summed E-state index contributed by atoms with van der Waals surface area (Å²) in [5, 5.41) is 0. The zero-order valence-electron chi connectivity index (χ0n) is 13.2. The van der Waals surface area contributed by atoms with Crippen LogP contribution in [-0.2, 0) is 4.79 Å². The fraction of sp³-hybridized carbons (Fsp3) is 0.211. The number of hydrogen-bond donors (Lipinski definition) is 0. The number of para-hydroxylation sites is 1. The van der Waals surface area contributed by atoms with Gasteiger partial charge in [0.1, 0.15) is 5.75 Å². The van der Waals surface area contributed by atoms with E-state index in [-0.39, 0.29) is 5.91 Å². The van der Waals surface area contributed by atoms with Crippen LogP contribution in [0.2, 0.25) is 0 Å². The zero-order valence-corrected chi connectivity index (χ0v) is 14.8. The second-order valence-corrected chi connectivity index (χ2v) is 6.28. The van der Waals surface area contributed by atoms with Crippen LogP contribution in [0.1, 0.15) is 24.5 Å². The molecule has 1 aliphatic heterocycles. The standard InChI is InChI=1S/C19H18BrNO2/c1-3-10-21-17-7-5-4-6-14(17)15(19(21)22)11-13-8-9-18(23-2)16(20)12-13/h4-9,11-12H,3,10H2,1-2H3/b15-11-. The molecule has 0 unspecified atom stereocenters. The van der Waals surface area contributed by atoms with E-state index in [1.54, 1.807) is 7.11 Å². The van der Waals surface area contributed by atoms with Gasteiger partial charge < -0.3 is 9.64 Å². The van der Waals surface area contributed by atoms with Crippen LogP contribution in [-0.4, -0.2) is 19.6 Å². The molecular formula is C19H18BrNO2. The van der Waals surface area contributed by atoms with Gasteiger partial charge in [-0.1, -0.05) is 31.2 Å². The van der Waals surface area contributed by atoms with Gasteiger partial charge in [-0.3, -0.25) is 4.79 Å². The Morgan fingerprint density at radius 1 is 1.22 bits per heavy atom. The van der Waals surface area contributed by atoms with Gasteiger partial charge in [0.05, 0.1) is 17.3 Å². The van der Waals surface area contributed by atoms with Gasteiger partial charge in [0, 0.05) is 17.7 Å². The number of nitrogens with zero attached hydrogens (tertiary/aromatic N) is 1. The first kappa shape index (κ1) is 15.8. The Balaban J connectivity index is 2.05. The maximum absolute atomic E-state index is 12.8. The van der Waals surface area contributed by atoms with Crippen LogP contribution in [0.4, 0.5) is 5.69 Å². The molecule has 3 rings (SSSR count). The summed E-state index contributed by atoms with van der Waals surface area (Å²) in [7, 11) is 1.64. The van der Waals surface area contributed by atoms with Crippen molar-refractivity contribution < 1.29 is 9.53 Å². The Bertz CT molecular complexity index is 783. The second kappa shape index (κ2) is 6.59. The summed E-state index contributed by atoms with van der Waals surface area (Å²) in [6.45, 7) is 2.82. The van der Waals surface area contributed by atoms with E-state index >= 15 is 0 Å². The van der Waals surface area contributed by atoms with Crippen LogP contribution in [0, 0.1) is 0 Å². The lowest BCUT2D eigenvalue weighted by molar-refractivity contribution is -0.113. The SMILES string of the molecule is CCCN1C(=O)/C(=C\c2ccc(OC)c(Br)c2)c2ccccc21. The number of carbonyl (C=O) groups excluding carboxylic acids is 1. The molecule has 118 valence electrons. The molecule has 0 atom stereocenters. The van der Waals surface area contributed by atoms with Crippen molar-refractivity contribution in [2.24, 2.45) is 0 Å². The van der Waals surface area contributed by atoms with Crippen LogP contribution in [0.25, 0.3) is 11.6 Å². The molecule has 0 radical (unpaired) electrons. The molecule has 0 aromatic heterocycles. The molecule has 1 aliphatic rings. The van der Waals surface area contributed by atoms with Crippen molar-refractivity contribution >= 4 is 39.2 Å². The maximum atomic E-state index is 12.8. The minimum atomic E-state index is 0.0694. The van der Waals surface area contributed by atoms with Crippen LogP contribution >= 0.6 is 15.9 Å². The monoisotopic (exact) mass is 371 g/mol. The minimum Gasteiger partial charge on any atom is -0.496 e. The first-order valence-electron chi connectivity index (χ1n) is 7.62. The Kier molecular flexibility index (Phi) is 4.53. The number of methoxy groups -OCH3 is 1. The fourth-order valence-corrected chi connectivity index (χ4v) is 3.39. The van der Waals surface area contributed by atoms with Crippen molar-refractivity contribution in [1.82, 2.24) is 0 Å². The summed E-state index contributed by atoms with van der Waals surface area (Å²) in [6.07, 6.45) is 2.88. The van der Waals surface area contributed by atoms with Crippen molar-refractivity contribution in [3.63, 3.8) is 0 Å². The molecule has 0 bridgehead atoms. The molecule has 0 spiro atoms. The highest BCUT2D eigenvalue weighted by molar-refractivity contribution is 9.10. The van der Waals surface area contributed by atoms with Crippen LogP contribution in [0.15, 0.2) is 46.9 Å². The van der Waals surface area contributed by atoms with Gasteiger partial charge in [0.2, 0.25) is 0 Å². The van der Waals surface area contributed by atoms with Crippen LogP contribution in [0.3, 0.4) is 0 Å². The Morgan fingerprint density at radius 3 is 2.70 bits per heavy atom. The maximum Gasteiger partial charge on any atom is 0.258 e. The molecule has 0 saturated heterocycles. The number of amides is 1. The molecular weight excluding hydrogens is 354 g/mol. The molecule has 2 aromatic rings. The van der Waals surface area contributed by atoms with Crippen molar-refractivity contribution in [3.8, 4) is 5.75 Å². The molecule has 4 heteroatoms. The van der Waals surface area contributed by atoms with Gasteiger partial charge in [-0.05, 0) is 52.2 Å². The van der Waals surface area contributed by atoms with Crippen molar-refractivity contribution in [2.75, 3.05) is 18.6 Å². The Labute approximate surface area is 144 Å². The number of rotatable bonds is 4. The Hall–Kier alpha value is -2.07. The lowest BCUT2D eigenvalue weighted by Crippen LogP contribution is -2.26. The third-order valence-corrected chi connectivity index (χ3v) is 4.51. The normalized spacial score (nSPS) is 15.2. The van der Waals surface area contributed by atoms with E-state index < -0.39 is 0 Å². The van der Waals surface area contributed by atoms with Crippen molar-refractivity contribution in [3.05, 3.63) is 58.1 Å². The smallest absolute Gasteiger partial charge is 0.258 e. The molecule has 0 fully saturated rings. The van der Waals surface area contributed by atoms with Crippen LogP contribution < -0.4 is 9.64 Å². The van der Waals surface area contributed by atoms with Gasteiger partial charge in [-0.25, -0.2) is 0 Å². The van der Waals surface area contributed by atoms with E-state index in [2.05, 4.69) is 22.9 Å². The number of anilines is 1. The highest BCUT2D eigenvalue weighted by Gasteiger charge is 2.31. The van der Waals surface area contributed by atoms with E-state index in [1.165, 1.54) is 0 Å². The first-order chi connectivity index (χ1) is 11.2. The number of ether oxygens (including phenoxy) is 1. The summed E-state index contributed by atoms with van der Waals surface area (Å²) in [4.78, 5) is 14.6. The van der Waals surface area contributed by atoms with Gasteiger partial charge in [-0.15, -0.1) is 0 Å². The third-order valence-electron chi connectivity index (χ3n) is 3.89. The average Bonchev–Trinajstić information content (AvgIpc) is 2.81. The van der Waals surface area contributed by atoms with Crippen LogP contribution in [0.5, 0.6) is 5.75 Å². The zero-order chi connectivity index (χ0) is 16.4. The first-order valence-corrected chi connectivity index (χ1v) is 8.41. The second-order valence-electron chi connectivity index (χ2n) is 5.43. The summed E-state index contributed by atoms with van der Waals surface area (Å²) < 4.78 is 6.13. The number of carbonyl (C=O) groups is 1. The predicted molar refractivity (Wildman–Crippen MR) is 97.7 cm³/mol. The van der Waals surface area contributed by atoms with Gasteiger partial charge in [0.15, 0.2) is 0 Å². The predicted octanol–water partition coefficient (Wildman–Crippen LogP) is 4.75. The summed E-state index contributed by atoms with van der Waals surface area (Å²) in [6, 6.07) is 13.8. The summed E-state index contributed by atoms with van der Waals surface area (Å²) in [5.41, 5.74) is 3.70. The lowest BCUT2D eigenvalue weighted by Gasteiger charge is -2.15. The van der Waals surface area contributed by atoms with Crippen molar-refractivity contribution in [1.29, 1.82) is 0 Å². The van der Waals surface area contributed by atoms with E-state index in [9.17, 15) is 4.79 Å². The summed E-state index contributed by atoms with van der Waals surface area (Å²) >= 11 is 3.49. The summed E-state index contributed by atoms with van der Waals surface area (Å²) in [5.74, 6) is 0.845. The molecule has 3 nitrogen and oxygen atoms in total. The van der Waals surface area contributed by atoms with Gasteiger partial charge >= 0.3 is 0 Å². The topological polar surface area (TPSA) is 29.5 Å². The molecule has 23 heavy (non-hydrogen) atoms. The fourth-order valence-electron chi connectivity index (χ4n) is 2.83. The molecule has 1 heterocycles.